The smallest absolute Gasteiger partial charge is 0.191 e. The topological polar surface area (TPSA) is 96.5 Å². The molecule has 0 amide bonds. The molecular weight excluding hydrogens is 416 g/mol. The average molecular weight is 449 g/mol. The maximum atomic E-state index is 6.32. The number of aromatic nitrogens is 3. The van der Waals surface area contributed by atoms with Gasteiger partial charge < -0.3 is 20.1 Å². The minimum Gasteiger partial charge on any atom is -0.497 e. The fourth-order valence-electron chi connectivity index (χ4n) is 3.96. The Labute approximate surface area is 194 Å². The fourth-order valence-corrected chi connectivity index (χ4v) is 3.96. The Bertz CT molecular complexity index is 1040. The Balaban J connectivity index is 1.44. The van der Waals surface area contributed by atoms with Crippen LogP contribution in [0.1, 0.15) is 43.7 Å². The first kappa shape index (κ1) is 22.6. The molecule has 0 bridgehead atoms. The van der Waals surface area contributed by atoms with Gasteiger partial charge in [0, 0.05) is 30.3 Å². The van der Waals surface area contributed by atoms with Crippen LogP contribution < -0.4 is 20.1 Å². The summed E-state index contributed by atoms with van der Waals surface area (Å²) in [6, 6.07) is 14.2. The summed E-state index contributed by atoms with van der Waals surface area (Å²) in [5, 5.41) is 13.6. The summed E-state index contributed by atoms with van der Waals surface area (Å²) < 4.78 is 11.7. The van der Waals surface area contributed by atoms with E-state index in [0.717, 1.165) is 59.4 Å². The van der Waals surface area contributed by atoms with Crippen LogP contribution in [-0.4, -0.2) is 40.9 Å². The fraction of sp³-hybridized carbons (Fsp3) is 0.400. The summed E-state index contributed by atoms with van der Waals surface area (Å²) in [5.41, 5.74) is 3.17. The zero-order valence-electron chi connectivity index (χ0n) is 19.3. The van der Waals surface area contributed by atoms with Gasteiger partial charge in [-0.3, -0.25) is 5.10 Å². The molecule has 0 radical (unpaired) electrons. The third kappa shape index (κ3) is 6.25. The SMILES string of the molecule is CCNC(=NCc1cccc(-c2ncn[nH]2)c1)NCc1ccc(OC)cc1OC1CCCC1. The van der Waals surface area contributed by atoms with Crippen molar-refractivity contribution in [1.29, 1.82) is 0 Å². The largest absolute Gasteiger partial charge is 0.497 e. The van der Waals surface area contributed by atoms with Crippen LogP contribution in [0, 0.1) is 0 Å². The molecule has 3 N–H and O–H groups in total. The number of hydrogen-bond acceptors (Lipinski definition) is 5. The van der Waals surface area contributed by atoms with Crippen molar-refractivity contribution in [3.05, 3.63) is 59.9 Å². The lowest BCUT2D eigenvalue weighted by Crippen LogP contribution is -2.37. The first-order valence-electron chi connectivity index (χ1n) is 11.6. The van der Waals surface area contributed by atoms with E-state index < -0.39 is 0 Å². The van der Waals surface area contributed by atoms with Gasteiger partial charge in [-0.05, 0) is 56.4 Å². The van der Waals surface area contributed by atoms with E-state index in [2.05, 4.69) is 50.9 Å². The molecule has 8 nitrogen and oxygen atoms in total. The molecule has 0 spiro atoms. The van der Waals surface area contributed by atoms with Crippen LogP contribution in [-0.2, 0) is 13.1 Å². The van der Waals surface area contributed by atoms with Gasteiger partial charge in [0.2, 0.25) is 0 Å². The molecule has 1 heterocycles. The van der Waals surface area contributed by atoms with Gasteiger partial charge in [0.1, 0.15) is 17.8 Å². The molecule has 0 saturated heterocycles. The third-order valence-electron chi connectivity index (χ3n) is 5.70. The molecule has 1 aromatic heterocycles. The number of H-pyrrole nitrogens is 1. The van der Waals surface area contributed by atoms with Crippen LogP contribution in [0.15, 0.2) is 53.8 Å². The summed E-state index contributed by atoms with van der Waals surface area (Å²) in [6.45, 7) is 3.99. The quantitative estimate of drug-likeness (QED) is 0.337. The molecule has 33 heavy (non-hydrogen) atoms. The van der Waals surface area contributed by atoms with Crippen LogP contribution in [0.25, 0.3) is 11.4 Å². The van der Waals surface area contributed by atoms with Crippen LogP contribution in [0.3, 0.4) is 0 Å². The van der Waals surface area contributed by atoms with E-state index in [0.29, 0.717) is 13.1 Å². The lowest BCUT2D eigenvalue weighted by atomic mass is 10.1. The second-order valence-corrected chi connectivity index (χ2v) is 8.08. The highest BCUT2D eigenvalue weighted by molar-refractivity contribution is 5.79. The average Bonchev–Trinajstić information content (AvgIpc) is 3.56. The Morgan fingerprint density at radius 1 is 1.15 bits per heavy atom. The highest BCUT2D eigenvalue weighted by Crippen LogP contribution is 2.30. The van der Waals surface area contributed by atoms with Crippen LogP contribution in [0.2, 0.25) is 0 Å². The number of benzene rings is 2. The summed E-state index contributed by atoms with van der Waals surface area (Å²) in [5.74, 6) is 3.19. The van der Waals surface area contributed by atoms with Gasteiger partial charge in [-0.25, -0.2) is 9.98 Å². The van der Waals surface area contributed by atoms with E-state index in [1.54, 1.807) is 7.11 Å². The van der Waals surface area contributed by atoms with Gasteiger partial charge >= 0.3 is 0 Å². The summed E-state index contributed by atoms with van der Waals surface area (Å²) >= 11 is 0. The first-order chi connectivity index (χ1) is 16.2. The molecule has 1 aliphatic rings. The number of hydrogen-bond donors (Lipinski definition) is 3. The van der Waals surface area contributed by atoms with Crippen molar-refractivity contribution >= 4 is 5.96 Å². The van der Waals surface area contributed by atoms with Crippen molar-refractivity contribution in [3.8, 4) is 22.9 Å². The number of nitrogens with zero attached hydrogens (tertiary/aromatic N) is 3. The molecule has 1 fully saturated rings. The number of rotatable bonds is 9. The molecule has 3 aromatic rings. The van der Waals surface area contributed by atoms with Gasteiger partial charge in [0.05, 0.1) is 19.8 Å². The first-order valence-corrected chi connectivity index (χ1v) is 11.6. The molecule has 0 aliphatic heterocycles. The predicted octanol–water partition coefficient (Wildman–Crippen LogP) is 4.06. The maximum Gasteiger partial charge on any atom is 0.191 e. The molecule has 2 aromatic carbocycles. The Hall–Kier alpha value is -3.55. The van der Waals surface area contributed by atoms with E-state index in [4.69, 9.17) is 14.5 Å². The standard InChI is InChI=1S/C25H32N6O2/c1-3-26-25(27-15-18-7-6-8-19(13-18)24-29-17-30-31-24)28-16-20-11-12-22(32-2)14-23(20)33-21-9-4-5-10-21/h6-8,11-14,17,21H,3-5,9-10,15-16H2,1-2H3,(H2,26,27,28)(H,29,30,31). The molecule has 0 unspecified atom stereocenters. The maximum absolute atomic E-state index is 6.32. The summed E-state index contributed by atoms with van der Waals surface area (Å²) in [4.78, 5) is 8.99. The van der Waals surface area contributed by atoms with E-state index >= 15 is 0 Å². The normalized spacial score (nSPS) is 14.3. The van der Waals surface area contributed by atoms with E-state index in [-0.39, 0.29) is 6.10 Å². The van der Waals surface area contributed by atoms with Crippen LogP contribution in [0.5, 0.6) is 11.5 Å². The van der Waals surface area contributed by atoms with Gasteiger partial charge in [0.15, 0.2) is 11.8 Å². The second-order valence-electron chi connectivity index (χ2n) is 8.08. The molecule has 1 aliphatic carbocycles. The number of aromatic amines is 1. The van der Waals surface area contributed by atoms with Crippen molar-refractivity contribution in [2.45, 2.75) is 51.8 Å². The van der Waals surface area contributed by atoms with Crippen LogP contribution >= 0.6 is 0 Å². The third-order valence-corrected chi connectivity index (χ3v) is 5.70. The molecular formula is C25H32N6O2. The van der Waals surface area contributed by atoms with Gasteiger partial charge in [0.25, 0.3) is 0 Å². The van der Waals surface area contributed by atoms with E-state index in [1.807, 2.05) is 24.3 Å². The molecule has 174 valence electrons. The molecule has 8 heteroatoms. The number of nitrogens with one attached hydrogen (secondary N) is 3. The van der Waals surface area contributed by atoms with E-state index in [9.17, 15) is 0 Å². The molecule has 4 rings (SSSR count). The van der Waals surface area contributed by atoms with Crippen molar-refractivity contribution in [2.24, 2.45) is 4.99 Å². The monoisotopic (exact) mass is 448 g/mol. The minimum atomic E-state index is 0.286. The van der Waals surface area contributed by atoms with Crippen molar-refractivity contribution in [1.82, 2.24) is 25.8 Å². The van der Waals surface area contributed by atoms with Crippen molar-refractivity contribution in [2.75, 3.05) is 13.7 Å². The Morgan fingerprint density at radius 2 is 2.03 bits per heavy atom. The summed E-state index contributed by atoms with van der Waals surface area (Å²) in [7, 11) is 1.68. The van der Waals surface area contributed by atoms with Crippen molar-refractivity contribution in [3.63, 3.8) is 0 Å². The van der Waals surface area contributed by atoms with Gasteiger partial charge in [-0.1, -0.05) is 18.2 Å². The predicted molar refractivity (Wildman–Crippen MR) is 129 cm³/mol. The molecule has 1 saturated carbocycles. The van der Waals surface area contributed by atoms with Crippen molar-refractivity contribution < 1.29 is 9.47 Å². The zero-order chi connectivity index (χ0) is 22.9. The van der Waals surface area contributed by atoms with Gasteiger partial charge in [-0.15, -0.1) is 0 Å². The number of aliphatic imine (C=N–C) groups is 1. The second kappa shape index (κ2) is 11.4. The van der Waals surface area contributed by atoms with Crippen LogP contribution in [0.4, 0.5) is 0 Å². The Morgan fingerprint density at radius 3 is 2.79 bits per heavy atom. The highest BCUT2D eigenvalue weighted by Gasteiger charge is 2.18. The number of ether oxygens (including phenoxy) is 2. The van der Waals surface area contributed by atoms with E-state index in [1.165, 1.54) is 19.2 Å². The Kier molecular flexibility index (Phi) is 7.79. The number of guanidine groups is 1. The molecule has 0 atom stereocenters. The lowest BCUT2D eigenvalue weighted by molar-refractivity contribution is 0.207. The summed E-state index contributed by atoms with van der Waals surface area (Å²) in [6.07, 6.45) is 6.49. The highest BCUT2D eigenvalue weighted by atomic mass is 16.5. The number of methoxy groups -OCH3 is 1. The zero-order valence-corrected chi connectivity index (χ0v) is 19.3. The lowest BCUT2D eigenvalue weighted by Gasteiger charge is -2.19. The minimum absolute atomic E-state index is 0.286. The van der Waals surface area contributed by atoms with Gasteiger partial charge in [-0.2, -0.15) is 5.10 Å².